The zero-order valence-electron chi connectivity index (χ0n) is 8.29. The van der Waals surface area contributed by atoms with Crippen LogP contribution in [0.1, 0.15) is 40.5 Å². The van der Waals surface area contributed by atoms with Gasteiger partial charge in [0.2, 0.25) is 0 Å². The topological polar surface area (TPSA) is 17.1 Å². The van der Waals surface area contributed by atoms with Crippen molar-refractivity contribution in [3.8, 4) is 0 Å². The molecule has 0 saturated carbocycles. The van der Waals surface area contributed by atoms with Crippen molar-refractivity contribution in [3.05, 3.63) is 0 Å². The van der Waals surface area contributed by atoms with Crippen LogP contribution in [-0.2, 0) is 4.79 Å². The Labute approximate surface area is 83.5 Å². The number of hydrogen-bond acceptors (Lipinski definition) is 3. The van der Waals surface area contributed by atoms with Crippen molar-refractivity contribution in [1.82, 2.24) is 0 Å². The molecule has 0 N–H and O–H groups in total. The first-order chi connectivity index (χ1) is 5.56. The smallest absolute Gasteiger partial charge is 0.130 e. The third-order valence-corrected chi connectivity index (χ3v) is 5.11. The number of Topliss-reactive ketones (excluding diaryl/α,β-unsaturated/α-hetero) is 1. The summed E-state index contributed by atoms with van der Waals surface area (Å²) in [5.41, 5.74) is 0. The van der Waals surface area contributed by atoms with Gasteiger partial charge in [-0.1, -0.05) is 42.4 Å². The van der Waals surface area contributed by atoms with E-state index in [-0.39, 0.29) is 0 Å². The van der Waals surface area contributed by atoms with Crippen molar-refractivity contribution >= 4 is 27.4 Å². The van der Waals surface area contributed by atoms with E-state index in [0.29, 0.717) is 22.7 Å². The lowest BCUT2D eigenvalue weighted by Gasteiger charge is -2.11. The predicted octanol–water partition coefficient (Wildman–Crippen LogP) is 3.53. The second-order valence-corrected chi connectivity index (χ2v) is 6.28. The molecule has 0 spiro atoms. The summed E-state index contributed by atoms with van der Waals surface area (Å²) in [5, 5.41) is 1.16. The van der Waals surface area contributed by atoms with E-state index < -0.39 is 0 Å². The average Bonchev–Trinajstić information content (AvgIpc) is 1.99. The van der Waals surface area contributed by atoms with Crippen LogP contribution < -0.4 is 0 Å². The van der Waals surface area contributed by atoms with E-state index in [2.05, 4.69) is 20.8 Å². The third kappa shape index (κ3) is 7.04. The molecule has 0 fully saturated rings. The van der Waals surface area contributed by atoms with Crippen molar-refractivity contribution in [3.63, 3.8) is 0 Å². The molecule has 1 nitrogen and oxygen atoms in total. The first-order valence-electron chi connectivity index (χ1n) is 4.37. The molecule has 0 aliphatic carbocycles. The SMILES string of the molecule is CCC(C)SSC(C)CC(C)=O. The first kappa shape index (κ1) is 12.4. The minimum absolute atomic E-state index is 0.291. The average molecular weight is 206 g/mol. The minimum Gasteiger partial charge on any atom is -0.300 e. The molecule has 0 saturated heterocycles. The first-order valence-corrected chi connectivity index (χ1v) is 6.65. The predicted molar refractivity (Wildman–Crippen MR) is 59.7 cm³/mol. The van der Waals surface area contributed by atoms with Gasteiger partial charge in [0.1, 0.15) is 5.78 Å². The lowest BCUT2D eigenvalue weighted by Crippen LogP contribution is -2.02. The Morgan fingerprint density at radius 3 is 2.17 bits per heavy atom. The monoisotopic (exact) mass is 206 g/mol. The molecule has 0 bridgehead atoms. The maximum Gasteiger partial charge on any atom is 0.130 e. The Kier molecular flexibility index (Phi) is 7.05. The quantitative estimate of drug-likeness (QED) is 0.619. The highest BCUT2D eigenvalue weighted by atomic mass is 33.1. The molecule has 12 heavy (non-hydrogen) atoms. The molecule has 0 aromatic heterocycles. The van der Waals surface area contributed by atoms with Crippen LogP contribution in [0.5, 0.6) is 0 Å². The molecule has 0 heterocycles. The Balaban J connectivity index is 3.43. The van der Waals surface area contributed by atoms with Crippen molar-refractivity contribution in [1.29, 1.82) is 0 Å². The van der Waals surface area contributed by atoms with Crippen LogP contribution in [0, 0.1) is 0 Å². The van der Waals surface area contributed by atoms with Gasteiger partial charge in [0.05, 0.1) is 0 Å². The van der Waals surface area contributed by atoms with Gasteiger partial charge in [-0.15, -0.1) is 0 Å². The number of carbonyl (C=O) groups is 1. The zero-order chi connectivity index (χ0) is 9.56. The highest BCUT2D eigenvalue weighted by molar-refractivity contribution is 8.77. The summed E-state index contributed by atoms with van der Waals surface area (Å²) in [6.45, 7) is 8.18. The minimum atomic E-state index is 0.291. The Bertz CT molecular complexity index is 136. The van der Waals surface area contributed by atoms with Gasteiger partial charge in [0.15, 0.2) is 0 Å². The molecule has 72 valence electrons. The molecule has 0 radical (unpaired) electrons. The van der Waals surface area contributed by atoms with Crippen LogP contribution >= 0.6 is 21.6 Å². The standard InChI is InChI=1S/C9H18OS2/c1-5-8(3)11-12-9(4)6-7(2)10/h8-9H,5-6H2,1-4H3. The van der Waals surface area contributed by atoms with E-state index in [1.54, 1.807) is 6.92 Å². The molecule has 2 unspecified atom stereocenters. The highest BCUT2D eigenvalue weighted by Gasteiger charge is 2.08. The van der Waals surface area contributed by atoms with Gasteiger partial charge in [0.25, 0.3) is 0 Å². The summed E-state index contributed by atoms with van der Waals surface area (Å²) in [5.74, 6) is 0.291. The Morgan fingerprint density at radius 1 is 1.25 bits per heavy atom. The molecule has 3 heteroatoms. The molecular weight excluding hydrogens is 188 g/mol. The van der Waals surface area contributed by atoms with Crippen LogP contribution in [0.25, 0.3) is 0 Å². The molecule has 0 rings (SSSR count). The van der Waals surface area contributed by atoms with E-state index in [4.69, 9.17) is 0 Å². The van der Waals surface area contributed by atoms with Crippen LogP contribution in [0.2, 0.25) is 0 Å². The molecule has 2 atom stereocenters. The maximum atomic E-state index is 10.7. The van der Waals surface area contributed by atoms with Gasteiger partial charge < -0.3 is 0 Å². The molecule has 0 amide bonds. The highest BCUT2D eigenvalue weighted by Crippen LogP contribution is 2.33. The fourth-order valence-corrected chi connectivity index (χ4v) is 3.27. The molecule has 0 aliphatic rings. The maximum absolute atomic E-state index is 10.7. The van der Waals surface area contributed by atoms with Gasteiger partial charge in [-0.2, -0.15) is 0 Å². The molecular formula is C9H18OS2. The van der Waals surface area contributed by atoms with Gasteiger partial charge in [-0.05, 0) is 13.3 Å². The van der Waals surface area contributed by atoms with Crippen LogP contribution in [0.4, 0.5) is 0 Å². The normalized spacial score (nSPS) is 15.7. The van der Waals surface area contributed by atoms with Gasteiger partial charge in [0, 0.05) is 16.9 Å². The summed E-state index contributed by atoms with van der Waals surface area (Å²) in [7, 11) is 3.72. The third-order valence-electron chi connectivity index (χ3n) is 1.53. The van der Waals surface area contributed by atoms with Gasteiger partial charge in [-0.3, -0.25) is 4.79 Å². The van der Waals surface area contributed by atoms with Crippen LogP contribution in [-0.4, -0.2) is 16.3 Å². The second kappa shape index (κ2) is 6.84. The van der Waals surface area contributed by atoms with Crippen molar-refractivity contribution in [2.24, 2.45) is 0 Å². The summed E-state index contributed by atoms with van der Waals surface area (Å²) in [4.78, 5) is 10.7. The van der Waals surface area contributed by atoms with E-state index in [9.17, 15) is 4.79 Å². The summed E-state index contributed by atoms with van der Waals surface area (Å²) in [6.07, 6.45) is 1.90. The Hall–Kier alpha value is 0.370. The zero-order valence-corrected chi connectivity index (χ0v) is 9.93. The van der Waals surface area contributed by atoms with Crippen LogP contribution in [0.15, 0.2) is 0 Å². The molecule has 0 aliphatic heterocycles. The summed E-state index contributed by atoms with van der Waals surface area (Å²) < 4.78 is 0. The van der Waals surface area contributed by atoms with E-state index >= 15 is 0 Å². The fourth-order valence-electron chi connectivity index (χ4n) is 0.697. The largest absolute Gasteiger partial charge is 0.300 e. The number of hydrogen-bond donors (Lipinski definition) is 0. The summed E-state index contributed by atoms with van der Waals surface area (Å²) in [6, 6.07) is 0. The number of ketones is 1. The van der Waals surface area contributed by atoms with Crippen molar-refractivity contribution in [2.45, 2.75) is 51.0 Å². The number of carbonyl (C=O) groups excluding carboxylic acids is 1. The van der Waals surface area contributed by atoms with E-state index in [0.717, 1.165) is 0 Å². The molecule has 0 aromatic carbocycles. The van der Waals surface area contributed by atoms with Crippen LogP contribution in [0.3, 0.4) is 0 Å². The van der Waals surface area contributed by atoms with E-state index in [1.165, 1.54) is 6.42 Å². The number of rotatable bonds is 6. The van der Waals surface area contributed by atoms with Crippen molar-refractivity contribution in [2.75, 3.05) is 0 Å². The molecule has 0 aromatic rings. The lowest BCUT2D eigenvalue weighted by molar-refractivity contribution is -0.116. The van der Waals surface area contributed by atoms with Gasteiger partial charge >= 0.3 is 0 Å². The Morgan fingerprint density at radius 2 is 1.75 bits per heavy atom. The second-order valence-electron chi connectivity index (χ2n) is 3.13. The fraction of sp³-hybridized carbons (Fsp3) is 0.889. The van der Waals surface area contributed by atoms with E-state index in [1.807, 2.05) is 21.6 Å². The summed E-state index contributed by atoms with van der Waals surface area (Å²) >= 11 is 0. The lowest BCUT2D eigenvalue weighted by atomic mass is 10.2. The van der Waals surface area contributed by atoms with Gasteiger partial charge in [-0.25, -0.2) is 0 Å². The van der Waals surface area contributed by atoms with Crippen molar-refractivity contribution < 1.29 is 4.79 Å².